The van der Waals surface area contributed by atoms with Crippen LogP contribution in [0.4, 0.5) is 0 Å². The van der Waals surface area contributed by atoms with E-state index in [1.54, 1.807) is 0 Å². The number of ether oxygens (including phenoxy) is 1. The first-order valence-corrected chi connectivity index (χ1v) is 8.22. The Bertz CT molecular complexity index is 269. The maximum atomic E-state index is 5.73. The lowest BCUT2D eigenvalue weighted by Crippen LogP contribution is -2.62. The highest BCUT2D eigenvalue weighted by Gasteiger charge is 2.35. The number of nitrogens with zero attached hydrogens (tertiary/aromatic N) is 1. The van der Waals surface area contributed by atoms with Crippen LogP contribution >= 0.6 is 0 Å². The summed E-state index contributed by atoms with van der Waals surface area (Å²) < 4.78 is 5.73. The molecule has 2 aliphatic heterocycles. The van der Waals surface area contributed by atoms with E-state index >= 15 is 0 Å². The quantitative estimate of drug-likeness (QED) is 0.848. The van der Waals surface area contributed by atoms with Gasteiger partial charge in [-0.3, -0.25) is 4.90 Å². The van der Waals surface area contributed by atoms with Crippen LogP contribution < -0.4 is 5.32 Å². The Kier molecular flexibility index (Phi) is 5.67. The Labute approximate surface area is 119 Å². The SMILES string of the molecule is CCCC1CN(C2CCOC(C)C2)C(C(C)C)CN1. The van der Waals surface area contributed by atoms with Crippen LogP contribution in [0.25, 0.3) is 0 Å². The van der Waals surface area contributed by atoms with E-state index in [1.807, 2.05) is 0 Å². The van der Waals surface area contributed by atoms with Crippen LogP contribution in [-0.4, -0.2) is 48.8 Å². The third-order valence-electron chi connectivity index (χ3n) is 4.81. The van der Waals surface area contributed by atoms with E-state index in [0.717, 1.165) is 25.1 Å². The van der Waals surface area contributed by atoms with Gasteiger partial charge in [-0.1, -0.05) is 27.2 Å². The highest BCUT2D eigenvalue weighted by Crippen LogP contribution is 2.26. The van der Waals surface area contributed by atoms with E-state index in [2.05, 4.69) is 37.9 Å². The lowest BCUT2D eigenvalue weighted by molar-refractivity contribution is -0.0449. The predicted molar refractivity (Wildman–Crippen MR) is 80.5 cm³/mol. The highest BCUT2D eigenvalue weighted by atomic mass is 16.5. The second-order valence-corrected chi connectivity index (χ2v) is 6.76. The fourth-order valence-electron chi connectivity index (χ4n) is 3.71. The van der Waals surface area contributed by atoms with Crippen LogP contribution in [-0.2, 0) is 4.74 Å². The molecule has 112 valence electrons. The van der Waals surface area contributed by atoms with Crippen LogP contribution in [0.3, 0.4) is 0 Å². The molecule has 0 aromatic carbocycles. The summed E-state index contributed by atoms with van der Waals surface area (Å²) in [4.78, 5) is 2.81. The summed E-state index contributed by atoms with van der Waals surface area (Å²) in [6, 6.07) is 2.12. The van der Waals surface area contributed by atoms with Crippen LogP contribution in [0.2, 0.25) is 0 Å². The first kappa shape index (κ1) is 15.3. The summed E-state index contributed by atoms with van der Waals surface area (Å²) >= 11 is 0. The molecule has 4 atom stereocenters. The van der Waals surface area contributed by atoms with Crippen LogP contribution in [0, 0.1) is 5.92 Å². The van der Waals surface area contributed by atoms with E-state index in [0.29, 0.717) is 18.2 Å². The molecule has 0 amide bonds. The van der Waals surface area contributed by atoms with Crippen molar-refractivity contribution in [2.75, 3.05) is 19.7 Å². The zero-order valence-corrected chi connectivity index (χ0v) is 13.2. The van der Waals surface area contributed by atoms with Crippen LogP contribution in [0.15, 0.2) is 0 Å². The number of hydrogen-bond donors (Lipinski definition) is 1. The second kappa shape index (κ2) is 7.05. The average Bonchev–Trinajstić information content (AvgIpc) is 2.39. The fourth-order valence-corrected chi connectivity index (χ4v) is 3.71. The molecule has 3 heteroatoms. The molecule has 0 bridgehead atoms. The van der Waals surface area contributed by atoms with Gasteiger partial charge in [0.1, 0.15) is 0 Å². The van der Waals surface area contributed by atoms with E-state index < -0.39 is 0 Å². The lowest BCUT2D eigenvalue weighted by atomic mass is 9.92. The Hall–Kier alpha value is -0.120. The molecule has 1 N–H and O–H groups in total. The second-order valence-electron chi connectivity index (χ2n) is 6.76. The summed E-state index contributed by atoms with van der Waals surface area (Å²) in [5.74, 6) is 0.730. The van der Waals surface area contributed by atoms with Crippen molar-refractivity contribution in [3.05, 3.63) is 0 Å². The Balaban J connectivity index is 2.02. The van der Waals surface area contributed by atoms with Crippen molar-refractivity contribution in [3.63, 3.8) is 0 Å². The molecule has 2 fully saturated rings. The minimum absolute atomic E-state index is 0.436. The van der Waals surface area contributed by atoms with E-state index in [-0.39, 0.29) is 0 Å². The van der Waals surface area contributed by atoms with Gasteiger partial charge in [0.2, 0.25) is 0 Å². The Morgan fingerprint density at radius 3 is 2.79 bits per heavy atom. The van der Waals surface area contributed by atoms with Gasteiger partial charge in [0, 0.05) is 37.8 Å². The molecule has 2 saturated heterocycles. The molecule has 2 aliphatic rings. The van der Waals surface area contributed by atoms with Crippen molar-refractivity contribution in [1.29, 1.82) is 0 Å². The molecule has 3 nitrogen and oxygen atoms in total. The van der Waals surface area contributed by atoms with Gasteiger partial charge in [0.25, 0.3) is 0 Å². The third kappa shape index (κ3) is 3.93. The zero-order valence-electron chi connectivity index (χ0n) is 13.2. The predicted octanol–water partition coefficient (Wildman–Crippen LogP) is 2.65. The highest BCUT2D eigenvalue weighted by molar-refractivity contribution is 4.92. The Morgan fingerprint density at radius 2 is 2.16 bits per heavy atom. The maximum Gasteiger partial charge on any atom is 0.0561 e. The molecule has 2 heterocycles. The number of piperazine rings is 1. The number of nitrogens with one attached hydrogen (secondary N) is 1. The molecule has 0 saturated carbocycles. The summed E-state index contributed by atoms with van der Waals surface area (Å²) in [6.45, 7) is 12.6. The van der Waals surface area contributed by atoms with Crippen molar-refractivity contribution in [2.45, 2.75) is 77.6 Å². The molecule has 0 aromatic heterocycles. The minimum Gasteiger partial charge on any atom is -0.378 e. The summed E-state index contributed by atoms with van der Waals surface area (Å²) in [7, 11) is 0. The third-order valence-corrected chi connectivity index (χ3v) is 4.81. The molecule has 0 spiro atoms. The van der Waals surface area contributed by atoms with Gasteiger partial charge in [0.15, 0.2) is 0 Å². The topological polar surface area (TPSA) is 24.5 Å². The molecule has 19 heavy (non-hydrogen) atoms. The van der Waals surface area contributed by atoms with Crippen LogP contribution in [0.1, 0.15) is 53.4 Å². The summed E-state index contributed by atoms with van der Waals surface area (Å²) in [5.41, 5.74) is 0. The molecule has 4 unspecified atom stereocenters. The number of rotatable bonds is 4. The molecule has 0 aromatic rings. The summed E-state index contributed by atoms with van der Waals surface area (Å²) in [6.07, 6.45) is 5.45. The van der Waals surface area contributed by atoms with E-state index in [1.165, 1.54) is 32.2 Å². The van der Waals surface area contributed by atoms with Gasteiger partial charge in [-0.25, -0.2) is 0 Å². The van der Waals surface area contributed by atoms with Gasteiger partial charge in [-0.05, 0) is 32.1 Å². The minimum atomic E-state index is 0.436. The molecular formula is C16H32N2O. The van der Waals surface area contributed by atoms with Crippen LogP contribution in [0.5, 0.6) is 0 Å². The van der Waals surface area contributed by atoms with Crippen molar-refractivity contribution in [3.8, 4) is 0 Å². The molecule has 2 rings (SSSR count). The fraction of sp³-hybridized carbons (Fsp3) is 1.00. The van der Waals surface area contributed by atoms with E-state index in [9.17, 15) is 0 Å². The number of hydrogen-bond acceptors (Lipinski definition) is 3. The van der Waals surface area contributed by atoms with Crippen molar-refractivity contribution >= 4 is 0 Å². The van der Waals surface area contributed by atoms with Gasteiger partial charge in [-0.2, -0.15) is 0 Å². The monoisotopic (exact) mass is 268 g/mol. The Morgan fingerprint density at radius 1 is 1.37 bits per heavy atom. The summed E-state index contributed by atoms with van der Waals surface area (Å²) in [5, 5.41) is 3.76. The van der Waals surface area contributed by atoms with Gasteiger partial charge >= 0.3 is 0 Å². The molecule has 0 radical (unpaired) electrons. The van der Waals surface area contributed by atoms with Crippen molar-refractivity contribution < 1.29 is 4.74 Å². The normalized spacial score (nSPS) is 37.7. The standard InChI is InChI=1S/C16H32N2O/c1-5-6-14-11-18(16(10-17-14)12(2)3)15-7-8-19-13(4)9-15/h12-17H,5-11H2,1-4H3. The van der Waals surface area contributed by atoms with Gasteiger partial charge < -0.3 is 10.1 Å². The maximum absolute atomic E-state index is 5.73. The van der Waals surface area contributed by atoms with Crippen molar-refractivity contribution in [1.82, 2.24) is 10.2 Å². The van der Waals surface area contributed by atoms with Crippen molar-refractivity contribution in [2.24, 2.45) is 5.92 Å². The zero-order chi connectivity index (χ0) is 13.8. The lowest BCUT2D eigenvalue weighted by Gasteiger charge is -2.48. The van der Waals surface area contributed by atoms with E-state index in [4.69, 9.17) is 4.74 Å². The average molecular weight is 268 g/mol. The molecule has 0 aliphatic carbocycles. The largest absolute Gasteiger partial charge is 0.378 e. The van der Waals surface area contributed by atoms with Gasteiger partial charge in [-0.15, -0.1) is 0 Å². The smallest absolute Gasteiger partial charge is 0.0561 e. The van der Waals surface area contributed by atoms with Gasteiger partial charge in [0.05, 0.1) is 6.10 Å². The first-order chi connectivity index (χ1) is 9.11. The first-order valence-electron chi connectivity index (χ1n) is 8.22. The molecular weight excluding hydrogens is 236 g/mol.